The number of hydrogen-bond acceptors (Lipinski definition) is 5. The molecule has 0 spiro atoms. The molecule has 84 valence electrons. The van der Waals surface area contributed by atoms with Crippen molar-refractivity contribution in [3.05, 3.63) is 5.82 Å². The van der Waals surface area contributed by atoms with E-state index in [1.54, 1.807) is 6.92 Å². The van der Waals surface area contributed by atoms with Gasteiger partial charge in [-0.1, -0.05) is 0 Å². The van der Waals surface area contributed by atoms with Crippen molar-refractivity contribution < 1.29 is 4.79 Å². The molecule has 0 saturated carbocycles. The first-order valence-electron chi connectivity index (χ1n) is 4.76. The molecule has 1 heterocycles. The summed E-state index contributed by atoms with van der Waals surface area (Å²) in [6, 6.07) is 0. The van der Waals surface area contributed by atoms with Gasteiger partial charge in [-0.2, -0.15) is 4.37 Å². The summed E-state index contributed by atoms with van der Waals surface area (Å²) < 4.78 is 3.97. The zero-order valence-corrected chi connectivity index (χ0v) is 10.0. The number of nitrogens with two attached hydrogens (primary N) is 1. The predicted molar refractivity (Wildman–Crippen MR) is 60.8 cm³/mol. The second kappa shape index (κ2) is 4.67. The second-order valence-corrected chi connectivity index (χ2v) is 4.94. The Morgan fingerprint density at radius 1 is 1.60 bits per heavy atom. The molecule has 0 aliphatic carbocycles. The first kappa shape index (κ1) is 12.1. The van der Waals surface area contributed by atoms with E-state index in [9.17, 15) is 4.79 Å². The lowest BCUT2D eigenvalue weighted by Gasteiger charge is -2.17. The Labute approximate surface area is 93.3 Å². The number of nitrogens with zero attached hydrogens (tertiary/aromatic N) is 2. The Morgan fingerprint density at radius 3 is 2.73 bits per heavy atom. The molecular weight excluding hydrogens is 212 g/mol. The van der Waals surface area contributed by atoms with Crippen LogP contribution in [0.15, 0.2) is 0 Å². The number of aryl methyl sites for hydroxylation is 1. The lowest BCUT2D eigenvalue weighted by Crippen LogP contribution is -2.33. The van der Waals surface area contributed by atoms with E-state index in [1.165, 1.54) is 11.5 Å². The Morgan fingerprint density at radius 2 is 2.27 bits per heavy atom. The van der Waals surface area contributed by atoms with Gasteiger partial charge in [0.1, 0.15) is 5.82 Å². The van der Waals surface area contributed by atoms with Crippen molar-refractivity contribution in [1.29, 1.82) is 0 Å². The number of amides is 1. The molecule has 0 unspecified atom stereocenters. The number of carbonyl (C=O) groups excluding carboxylic acids is 1. The van der Waals surface area contributed by atoms with Crippen LogP contribution in [0.4, 0.5) is 5.13 Å². The standard InChI is InChI=1S/C9H16N4OS/c1-6-11-8(15-13-6)12-7(14)4-5-9(2,3)10/h4-5,10H2,1-3H3,(H,11,12,13,14). The van der Waals surface area contributed by atoms with Crippen LogP contribution in [0.2, 0.25) is 0 Å². The smallest absolute Gasteiger partial charge is 0.226 e. The molecule has 6 heteroatoms. The molecule has 0 atom stereocenters. The summed E-state index contributed by atoms with van der Waals surface area (Å²) in [7, 11) is 0. The Balaban J connectivity index is 2.37. The molecule has 0 bridgehead atoms. The highest BCUT2D eigenvalue weighted by Gasteiger charge is 2.14. The van der Waals surface area contributed by atoms with Gasteiger partial charge in [-0.15, -0.1) is 0 Å². The molecule has 1 amide bonds. The van der Waals surface area contributed by atoms with Crippen molar-refractivity contribution in [2.24, 2.45) is 5.73 Å². The van der Waals surface area contributed by atoms with E-state index in [1.807, 2.05) is 13.8 Å². The molecule has 1 aromatic heterocycles. The highest BCUT2D eigenvalue weighted by atomic mass is 32.1. The van der Waals surface area contributed by atoms with E-state index in [2.05, 4.69) is 14.7 Å². The van der Waals surface area contributed by atoms with Crippen LogP contribution in [0, 0.1) is 6.92 Å². The number of anilines is 1. The average Bonchev–Trinajstić information content (AvgIpc) is 2.47. The maximum Gasteiger partial charge on any atom is 0.226 e. The number of nitrogens with one attached hydrogen (secondary N) is 1. The minimum absolute atomic E-state index is 0.0651. The fraction of sp³-hybridized carbons (Fsp3) is 0.667. The molecule has 15 heavy (non-hydrogen) atoms. The highest BCUT2D eigenvalue weighted by molar-refractivity contribution is 7.09. The van der Waals surface area contributed by atoms with Gasteiger partial charge in [0.2, 0.25) is 11.0 Å². The van der Waals surface area contributed by atoms with Gasteiger partial charge >= 0.3 is 0 Å². The van der Waals surface area contributed by atoms with Crippen LogP contribution in [0.3, 0.4) is 0 Å². The SMILES string of the molecule is Cc1nsc(NC(=O)CCC(C)(C)N)n1. The predicted octanol–water partition coefficient (Wildman–Crippen LogP) is 1.30. The number of hydrogen-bond donors (Lipinski definition) is 2. The van der Waals surface area contributed by atoms with Crippen molar-refractivity contribution in [3.8, 4) is 0 Å². The summed E-state index contributed by atoms with van der Waals surface area (Å²) in [5.41, 5.74) is 5.46. The number of aromatic nitrogens is 2. The molecular formula is C9H16N4OS. The van der Waals surface area contributed by atoms with Crippen LogP contribution in [0.1, 0.15) is 32.5 Å². The van der Waals surface area contributed by atoms with Crippen molar-refractivity contribution in [3.63, 3.8) is 0 Å². The van der Waals surface area contributed by atoms with Gasteiger partial charge in [0.15, 0.2) is 0 Å². The molecule has 1 rings (SSSR count). The number of rotatable bonds is 4. The van der Waals surface area contributed by atoms with Crippen LogP contribution in [0.25, 0.3) is 0 Å². The van der Waals surface area contributed by atoms with Crippen molar-refractivity contribution in [2.45, 2.75) is 39.2 Å². The lowest BCUT2D eigenvalue weighted by atomic mass is 10.00. The van der Waals surface area contributed by atoms with Crippen LogP contribution < -0.4 is 11.1 Å². The zero-order chi connectivity index (χ0) is 11.5. The molecule has 0 fully saturated rings. The van der Waals surface area contributed by atoms with E-state index in [-0.39, 0.29) is 11.4 Å². The summed E-state index contributed by atoms with van der Waals surface area (Å²) in [6.45, 7) is 5.58. The Bertz CT molecular complexity index is 342. The number of carbonyl (C=O) groups is 1. The normalized spacial score (nSPS) is 11.5. The second-order valence-electron chi connectivity index (χ2n) is 4.18. The Hall–Kier alpha value is -1.01. The molecule has 0 saturated heterocycles. The maximum absolute atomic E-state index is 11.4. The van der Waals surface area contributed by atoms with Gasteiger partial charge in [0.05, 0.1) is 0 Å². The van der Waals surface area contributed by atoms with E-state index < -0.39 is 0 Å². The maximum atomic E-state index is 11.4. The quantitative estimate of drug-likeness (QED) is 0.814. The monoisotopic (exact) mass is 228 g/mol. The minimum atomic E-state index is -0.311. The third-order valence-corrected chi connectivity index (χ3v) is 2.49. The topological polar surface area (TPSA) is 80.9 Å². The van der Waals surface area contributed by atoms with Crippen LogP contribution >= 0.6 is 11.5 Å². The summed E-state index contributed by atoms with van der Waals surface area (Å²) in [5.74, 6) is 0.610. The molecule has 0 radical (unpaired) electrons. The van der Waals surface area contributed by atoms with Gasteiger partial charge in [0.25, 0.3) is 0 Å². The fourth-order valence-electron chi connectivity index (χ4n) is 0.965. The van der Waals surface area contributed by atoms with Gasteiger partial charge in [-0.3, -0.25) is 4.79 Å². The molecule has 0 aliphatic heterocycles. The fourth-order valence-corrected chi connectivity index (χ4v) is 1.56. The van der Waals surface area contributed by atoms with Crippen LogP contribution in [0.5, 0.6) is 0 Å². The van der Waals surface area contributed by atoms with Crippen molar-refractivity contribution >= 4 is 22.6 Å². The van der Waals surface area contributed by atoms with Gasteiger partial charge in [0, 0.05) is 23.5 Å². The van der Waals surface area contributed by atoms with Crippen LogP contribution in [-0.2, 0) is 4.79 Å². The molecule has 1 aromatic rings. The van der Waals surface area contributed by atoms with E-state index in [0.29, 0.717) is 23.8 Å². The molecule has 0 aromatic carbocycles. The van der Waals surface area contributed by atoms with E-state index in [4.69, 9.17) is 5.73 Å². The van der Waals surface area contributed by atoms with Gasteiger partial charge in [-0.05, 0) is 27.2 Å². The highest BCUT2D eigenvalue weighted by Crippen LogP contribution is 2.12. The third-order valence-electron chi connectivity index (χ3n) is 1.77. The minimum Gasteiger partial charge on any atom is -0.326 e. The van der Waals surface area contributed by atoms with Gasteiger partial charge < -0.3 is 11.1 Å². The molecule has 5 nitrogen and oxygen atoms in total. The Kier molecular flexibility index (Phi) is 3.76. The van der Waals surface area contributed by atoms with Gasteiger partial charge in [-0.25, -0.2) is 4.98 Å². The first-order chi connectivity index (χ1) is 6.87. The van der Waals surface area contributed by atoms with Crippen molar-refractivity contribution in [2.75, 3.05) is 5.32 Å². The molecule has 0 aliphatic rings. The first-order valence-corrected chi connectivity index (χ1v) is 5.53. The summed E-state index contributed by atoms with van der Waals surface area (Å²) in [5, 5.41) is 3.23. The van der Waals surface area contributed by atoms with Crippen molar-refractivity contribution in [1.82, 2.24) is 9.36 Å². The summed E-state index contributed by atoms with van der Waals surface area (Å²) in [6.07, 6.45) is 1.05. The largest absolute Gasteiger partial charge is 0.326 e. The third kappa shape index (κ3) is 4.85. The lowest BCUT2D eigenvalue weighted by molar-refractivity contribution is -0.116. The summed E-state index contributed by atoms with van der Waals surface area (Å²) >= 11 is 1.19. The van der Waals surface area contributed by atoms with Crippen LogP contribution in [-0.4, -0.2) is 20.8 Å². The average molecular weight is 228 g/mol. The summed E-state index contributed by atoms with van der Waals surface area (Å²) in [4.78, 5) is 15.5. The molecule has 3 N–H and O–H groups in total. The van der Waals surface area contributed by atoms with E-state index >= 15 is 0 Å². The van der Waals surface area contributed by atoms with E-state index in [0.717, 1.165) is 0 Å². The zero-order valence-electron chi connectivity index (χ0n) is 9.20.